The quantitative estimate of drug-likeness (QED) is 0.907. The molecule has 3 rings (SSSR count). The SMILES string of the molecule is CC(NC(=O)N1CCOC(c2ccccc2)C1)c1ccc(Cl)cc1. The number of hydrogen-bond donors (Lipinski definition) is 1. The van der Waals surface area contributed by atoms with Gasteiger partial charge in [0.15, 0.2) is 0 Å². The Morgan fingerprint density at radius 1 is 1.21 bits per heavy atom. The van der Waals surface area contributed by atoms with Crippen molar-refractivity contribution in [3.63, 3.8) is 0 Å². The molecule has 1 N–H and O–H groups in total. The topological polar surface area (TPSA) is 41.6 Å². The first-order valence-corrected chi connectivity index (χ1v) is 8.49. The number of morpholine rings is 1. The van der Waals surface area contributed by atoms with E-state index in [-0.39, 0.29) is 18.2 Å². The van der Waals surface area contributed by atoms with E-state index >= 15 is 0 Å². The normalized spacial score (nSPS) is 18.9. The zero-order valence-electron chi connectivity index (χ0n) is 13.6. The second-order valence-electron chi connectivity index (χ2n) is 5.94. The predicted molar refractivity (Wildman–Crippen MR) is 95.1 cm³/mol. The van der Waals surface area contributed by atoms with Crippen LogP contribution in [0, 0.1) is 0 Å². The van der Waals surface area contributed by atoms with Crippen LogP contribution in [-0.2, 0) is 4.74 Å². The van der Waals surface area contributed by atoms with E-state index in [1.807, 2.05) is 66.4 Å². The van der Waals surface area contributed by atoms with E-state index in [1.54, 1.807) is 0 Å². The molecule has 1 aliphatic rings. The van der Waals surface area contributed by atoms with Gasteiger partial charge >= 0.3 is 6.03 Å². The highest BCUT2D eigenvalue weighted by molar-refractivity contribution is 6.30. The van der Waals surface area contributed by atoms with Gasteiger partial charge in [-0.25, -0.2) is 4.79 Å². The van der Waals surface area contributed by atoms with Crippen molar-refractivity contribution in [1.82, 2.24) is 10.2 Å². The van der Waals surface area contributed by atoms with Gasteiger partial charge < -0.3 is 15.0 Å². The molecule has 0 bridgehead atoms. The lowest BCUT2D eigenvalue weighted by atomic mass is 10.1. The summed E-state index contributed by atoms with van der Waals surface area (Å²) in [5.41, 5.74) is 2.13. The lowest BCUT2D eigenvalue weighted by Gasteiger charge is -2.34. The molecule has 2 aromatic rings. The van der Waals surface area contributed by atoms with Gasteiger partial charge in [0.25, 0.3) is 0 Å². The second-order valence-corrected chi connectivity index (χ2v) is 6.38. The van der Waals surface area contributed by atoms with Crippen LogP contribution in [0.1, 0.15) is 30.2 Å². The van der Waals surface area contributed by atoms with Crippen molar-refractivity contribution in [2.45, 2.75) is 19.1 Å². The molecule has 1 fully saturated rings. The molecule has 2 atom stereocenters. The van der Waals surface area contributed by atoms with Gasteiger partial charge in [-0.05, 0) is 30.2 Å². The van der Waals surface area contributed by atoms with Gasteiger partial charge in [-0.2, -0.15) is 0 Å². The summed E-state index contributed by atoms with van der Waals surface area (Å²) < 4.78 is 5.81. The summed E-state index contributed by atoms with van der Waals surface area (Å²) in [7, 11) is 0. The van der Waals surface area contributed by atoms with Gasteiger partial charge in [0.2, 0.25) is 0 Å². The molecule has 1 aliphatic heterocycles. The summed E-state index contributed by atoms with van der Waals surface area (Å²) >= 11 is 5.91. The molecule has 4 nitrogen and oxygen atoms in total. The minimum atomic E-state index is -0.0761. The van der Waals surface area contributed by atoms with Crippen molar-refractivity contribution in [2.75, 3.05) is 19.7 Å². The minimum Gasteiger partial charge on any atom is -0.370 e. The maximum absolute atomic E-state index is 12.6. The fourth-order valence-corrected chi connectivity index (χ4v) is 2.94. The molecule has 2 unspecified atom stereocenters. The monoisotopic (exact) mass is 344 g/mol. The number of urea groups is 1. The molecule has 5 heteroatoms. The summed E-state index contributed by atoms with van der Waals surface area (Å²) in [6.45, 7) is 3.67. The third-order valence-electron chi connectivity index (χ3n) is 4.24. The molecule has 2 amide bonds. The number of carbonyl (C=O) groups excluding carboxylic acids is 1. The fourth-order valence-electron chi connectivity index (χ4n) is 2.81. The first-order valence-electron chi connectivity index (χ1n) is 8.11. The van der Waals surface area contributed by atoms with Crippen LogP contribution in [-0.4, -0.2) is 30.6 Å². The van der Waals surface area contributed by atoms with Crippen LogP contribution in [0.2, 0.25) is 5.02 Å². The van der Waals surface area contributed by atoms with Gasteiger partial charge in [-0.1, -0.05) is 54.1 Å². The third-order valence-corrected chi connectivity index (χ3v) is 4.49. The Hall–Kier alpha value is -2.04. The highest BCUT2D eigenvalue weighted by Crippen LogP contribution is 2.22. The van der Waals surface area contributed by atoms with Gasteiger partial charge in [0.1, 0.15) is 6.10 Å². The number of benzene rings is 2. The fraction of sp³-hybridized carbons (Fsp3) is 0.316. The van der Waals surface area contributed by atoms with E-state index in [0.717, 1.165) is 11.1 Å². The van der Waals surface area contributed by atoms with Crippen LogP contribution in [0.15, 0.2) is 54.6 Å². The number of halogens is 1. The first-order chi connectivity index (χ1) is 11.6. The average Bonchev–Trinajstić information content (AvgIpc) is 2.63. The number of rotatable bonds is 3. The van der Waals surface area contributed by atoms with Crippen molar-refractivity contribution < 1.29 is 9.53 Å². The van der Waals surface area contributed by atoms with Crippen LogP contribution in [0.25, 0.3) is 0 Å². The molecule has 0 saturated carbocycles. The second kappa shape index (κ2) is 7.69. The lowest BCUT2D eigenvalue weighted by Crippen LogP contribution is -2.47. The first kappa shape index (κ1) is 16.8. The van der Waals surface area contributed by atoms with Gasteiger partial charge in [0.05, 0.1) is 19.2 Å². The van der Waals surface area contributed by atoms with Crippen LogP contribution in [0.5, 0.6) is 0 Å². The summed E-state index contributed by atoms with van der Waals surface area (Å²) in [6.07, 6.45) is -0.0726. The van der Waals surface area contributed by atoms with Crippen molar-refractivity contribution in [2.24, 2.45) is 0 Å². The largest absolute Gasteiger partial charge is 0.370 e. The molecule has 24 heavy (non-hydrogen) atoms. The molecule has 126 valence electrons. The third kappa shape index (κ3) is 4.08. The maximum Gasteiger partial charge on any atom is 0.318 e. The van der Waals surface area contributed by atoms with E-state index in [0.29, 0.717) is 24.7 Å². The summed E-state index contributed by atoms with van der Waals surface area (Å²) in [5, 5.41) is 3.74. The summed E-state index contributed by atoms with van der Waals surface area (Å²) in [6, 6.07) is 17.4. The summed E-state index contributed by atoms with van der Waals surface area (Å²) in [5.74, 6) is 0. The van der Waals surface area contributed by atoms with Crippen molar-refractivity contribution >= 4 is 17.6 Å². The molecule has 0 spiro atoms. The van der Waals surface area contributed by atoms with E-state index < -0.39 is 0 Å². The molecular formula is C19H21ClN2O2. The Morgan fingerprint density at radius 2 is 1.92 bits per heavy atom. The average molecular weight is 345 g/mol. The molecule has 0 radical (unpaired) electrons. The number of amides is 2. The zero-order chi connectivity index (χ0) is 16.9. The van der Waals surface area contributed by atoms with E-state index in [4.69, 9.17) is 16.3 Å². The Labute approximate surface area is 147 Å². The molecular weight excluding hydrogens is 324 g/mol. The molecule has 1 heterocycles. The molecule has 2 aromatic carbocycles. The van der Waals surface area contributed by atoms with Crippen LogP contribution >= 0.6 is 11.6 Å². The van der Waals surface area contributed by atoms with Crippen molar-refractivity contribution in [3.8, 4) is 0 Å². The Balaban J connectivity index is 1.61. The summed E-state index contributed by atoms with van der Waals surface area (Å²) in [4.78, 5) is 14.4. The standard InChI is InChI=1S/C19H21ClN2O2/c1-14(15-7-9-17(20)10-8-15)21-19(23)22-11-12-24-18(13-22)16-5-3-2-4-6-16/h2-10,14,18H,11-13H2,1H3,(H,21,23). The van der Waals surface area contributed by atoms with Crippen molar-refractivity contribution in [3.05, 3.63) is 70.7 Å². The van der Waals surface area contributed by atoms with Crippen molar-refractivity contribution in [1.29, 1.82) is 0 Å². The number of nitrogens with zero attached hydrogens (tertiary/aromatic N) is 1. The highest BCUT2D eigenvalue weighted by atomic mass is 35.5. The van der Waals surface area contributed by atoms with Crippen LogP contribution in [0.4, 0.5) is 4.79 Å². The van der Waals surface area contributed by atoms with Gasteiger partial charge in [0, 0.05) is 11.6 Å². The molecule has 0 aliphatic carbocycles. The van der Waals surface area contributed by atoms with Gasteiger partial charge in [-0.3, -0.25) is 0 Å². The zero-order valence-corrected chi connectivity index (χ0v) is 14.4. The smallest absolute Gasteiger partial charge is 0.318 e. The predicted octanol–water partition coefficient (Wildman–Crippen LogP) is 4.18. The lowest BCUT2D eigenvalue weighted by molar-refractivity contribution is -0.0157. The molecule has 0 aromatic heterocycles. The van der Waals surface area contributed by atoms with E-state index in [1.165, 1.54) is 0 Å². The van der Waals surface area contributed by atoms with Crippen LogP contribution < -0.4 is 5.32 Å². The number of carbonyl (C=O) groups is 1. The van der Waals surface area contributed by atoms with Crippen LogP contribution in [0.3, 0.4) is 0 Å². The Morgan fingerprint density at radius 3 is 2.62 bits per heavy atom. The molecule has 1 saturated heterocycles. The number of nitrogens with one attached hydrogen (secondary N) is 1. The maximum atomic E-state index is 12.6. The Bertz CT molecular complexity index is 676. The number of hydrogen-bond acceptors (Lipinski definition) is 2. The van der Waals surface area contributed by atoms with E-state index in [2.05, 4.69) is 5.32 Å². The van der Waals surface area contributed by atoms with Gasteiger partial charge in [-0.15, -0.1) is 0 Å². The number of ether oxygens (including phenoxy) is 1. The highest BCUT2D eigenvalue weighted by Gasteiger charge is 2.26. The Kier molecular flexibility index (Phi) is 5.38. The van der Waals surface area contributed by atoms with E-state index in [9.17, 15) is 4.79 Å². The minimum absolute atomic E-state index is 0.0679.